The molecule has 0 aliphatic carbocycles. The van der Waals surface area contributed by atoms with Gasteiger partial charge in [-0.25, -0.2) is 0 Å². The molecule has 0 N–H and O–H groups in total. The van der Waals surface area contributed by atoms with Gasteiger partial charge in [-0.3, -0.25) is 4.79 Å². The topological polar surface area (TPSA) is 47.3 Å². The highest BCUT2D eigenvalue weighted by Gasteiger charge is 2.26. The van der Waals surface area contributed by atoms with Gasteiger partial charge in [0.2, 0.25) is 5.91 Å². The first-order valence-corrected chi connectivity index (χ1v) is 7.71. The van der Waals surface area contributed by atoms with Crippen molar-refractivity contribution in [3.63, 3.8) is 0 Å². The lowest BCUT2D eigenvalue weighted by molar-refractivity contribution is -0.133. The van der Waals surface area contributed by atoms with Crippen LogP contribution in [-0.2, 0) is 4.79 Å². The molecule has 1 saturated heterocycles. The molecule has 21 heavy (non-hydrogen) atoms. The summed E-state index contributed by atoms with van der Waals surface area (Å²) in [6, 6.07) is 11.8. The number of nitrogens with zero attached hydrogens (tertiary/aromatic N) is 3. The third-order valence-electron chi connectivity index (χ3n) is 4.04. The molecule has 0 saturated carbocycles. The first-order valence-electron chi connectivity index (χ1n) is 7.71. The fourth-order valence-corrected chi connectivity index (χ4v) is 2.85. The molecule has 1 aromatic carbocycles. The van der Waals surface area contributed by atoms with Gasteiger partial charge in [-0.05, 0) is 38.3 Å². The number of hydrogen-bond donors (Lipinski definition) is 0. The molecule has 0 radical (unpaired) electrons. The summed E-state index contributed by atoms with van der Waals surface area (Å²) in [6.45, 7) is 4.26. The van der Waals surface area contributed by atoms with Crippen LogP contribution in [0.5, 0.6) is 0 Å². The first kappa shape index (κ1) is 15.4. The Balaban J connectivity index is 2.11. The Kier molecular flexibility index (Phi) is 5.62. The summed E-state index contributed by atoms with van der Waals surface area (Å²) in [5, 5.41) is 8.86. The van der Waals surface area contributed by atoms with Crippen molar-refractivity contribution in [2.75, 3.05) is 24.5 Å². The van der Waals surface area contributed by atoms with Gasteiger partial charge in [0.15, 0.2) is 0 Å². The van der Waals surface area contributed by atoms with E-state index in [1.165, 1.54) is 6.42 Å². The molecule has 1 aliphatic rings. The molecule has 1 aromatic rings. The highest BCUT2D eigenvalue weighted by Crippen LogP contribution is 2.19. The number of rotatable bonds is 5. The third kappa shape index (κ3) is 3.98. The second-order valence-electron chi connectivity index (χ2n) is 5.50. The summed E-state index contributed by atoms with van der Waals surface area (Å²) in [5.41, 5.74) is 1.01. The normalized spacial score (nSPS) is 16.1. The van der Waals surface area contributed by atoms with Gasteiger partial charge in [0.1, 0.15) is 6.04 Å². The zero-order chi connectivity index (χ0) is 15.1. The maximum absolute atomic E-state index is 12.7. The van der Waals surface area contributed by atoms with Crippen LogP contribution in [0.15, 0.2) is 30.3 Å². The van der Waals surface area contributed by atoms with E-state index in [4.69, 9.17) is 5.26 Å². The number of likely N-dealkylation sites (tertiary alicyclic amines) is 1. The number of carbonyl (C=O) groups is 1. The van der Waals surface area contributed by atoms with Gasteiger partial charge in [-0.2, -0.15) is 5.26 Å². The third-order valence-corrected chi connectivity index (χ3v) is 4.04. The summed E-state index contributed by atoms with van der Waals surface area (Å²) in [6.07, 6.45) is 3.84. The Bertz CT molecular complexity index is 489. The molecule has 1 aliphatic heterocycles. The fraction of sp³-hybridized carbons (Fsp3) is 0.529. The summed E-state index contributed by atoms with van der Waals surface area (Å²) in [7, 11) is 0. The van der Waals surface area contributed by atoms with Crippen molar-refractivity contribution in [2.24, 2.45) is 0 Å². The summed E-state index contributed by atoms with van der Waals surface area (Å²) < 4.78 is 0. The molecule has 1 fully saturated rings. The Hall–Kier alpha value is -2.02. The van der Waals surface area contributed by atoms with Crippen LogP contribution >= 0.6 is 0 Å². The van der Waals surface area contributed by atoms with E-state index in [9.17, 15) is 4.79 Å². The van der Waals surface area contributed by atoms with Crippen molar-refractivity contribution >= 4 is 11.6 Å². The number of nitriles is 1. The molecule has 1 unspecified atom stereocenters. The van der Waals surface area contributed by atoms with Gasteiger partial charge in [-0.1, -0.05) is 18.2 Å². The lowest BCUT2D eigenvalue weighted by Crippen LogP contribution is -2.49. The van der Waals surface area contributed by atoms with Crippen LogP contribution in [0.3, 0.4) is 0 Å². The van der Waals surface area contributed by atoms with Crippen LogP contribution in [0, 0.1) is 11.3 Å². The number of hydrogen-bond acceptors (Lipinski definition) is 3. The average Bonchev–Trinajstić information content (AvgIpc) is 2.56. The standard InChI is InChI=1S/C17H23N3O/c1-15(17(21)19-12-6-3-7-13-19)20(14-8-11-18)16-9-4-2-5-10-16/h2,4-5,9-10,15H,3,6-8,12-14H2,1H3. The molecule has 1 atom stereocenters. The SMILES string of the molecule is CC(C(=O)N1CCCCC1)N(CCC#N)c1ccccc1. The van der Waals surface area contributed by atoms with Gasteiger partial charge in [-0.15, -0.1) is 0 Å². The zero-order valence-electron chi connectivity index (χ0n) is 12.7. The summed E-state index contributed by atoms with van der Waals surface area (Å²) in [5.74, 6) is 0.177. The molecular weight excluding hydrogens is 262 g/mol. The molecule has 4 heteroatoms. The van der Waals surface area contributed by atoms with E-state index in [2.05, 4.69) is 6.07 Å². The Morgan fingerprint density at radius 2 is 1.95 bits per heavy atom. The Morgan fingerprint density at radius 3 is 2.57 bits per heavy atom. The van der Waals surface area contributed by atoms with Crippen LogP contribution < -0.4 is 4.90 Å². The van der Waals surface area contributed by atoms with Gasteiger partial charge >= 0.3 is 0 Å². The van der Waals surface area contributed by atoms with Gasteiger partial charge < -0.3 is 9.80 Å². The zero-order valence-corrected chi connectivity index (χ0v) is 12.7. The molecular formula is C17H23N3O. The minimum atomic E-state index is -0.223. The quantitative estimate of drug-likeness (QED) is 0.835. The monoisotopic (exact) mass is 285 g/mol. The number of anilines is 1. The number of para-hydroxylation sites is 1. The van der Waals surface area contributed by atoms with Crippen molar-refractivity contribution in [1.82, 2.24) is 4.90 Å². The van der Waals surface area contributed by atoms with Gasteiger partial charge in [0, 0.05) is 25.3 Å². The van der Waals surface area contributed by atoms with E-state index in [0.717, 1.165) is 31.6 Å². The molecule has 1 heterocycles. The molecule has 4 nitrogen and oxygen atoms in total. The number of carbonyl (C=O) groups excluding carboxylic acids is 1. The van der Waals surface area contributed by atoms with E-state index in [1.807, 2.05) is 47.1 Å². The minimum Gasteiger partial charge on any atom is -0.359 e. The second kappa shape index (κ2) is 7.68. The average molecular weight is 285 g/mol. The second-order valence-corrected chi connectivity index (χ2v) is 5.50. The van der Waals surface area contributed by atoms with Crippen molar-refractivity contribution < 1.29 is 4.79 Å². The van der Waals surface area contributed by atoms with Crippen LogP contribution in [0.2, 0.25) is 0 Å². The van der Waals surface area contributed by atoms with Gasteiger partial charge in [0.25, 0.3) is 0 Å². The maximum Gasteiger partial charge on any atom is 0.244 e. The maximum atomic E-state index is 12.7. The summed E-state index contributed by atoms with van der Waals surface area (Å²) >= 11 is 0. The van der Waals surface area contributed by atoms with Crippen LogP contribution in [0.25, 0.3) is 0 Å². The highest BCUT2D eigenvalue weighted by molar-refractivity contribution is 5.85. The molecule has 0 bridgehead atoms. The van der Waals surface area contributed by atoms with Crippen LogP contribution in [-0.4, -0.2) is 36.5 Å². The van der Waals surface area contributed by atoms with E-state index >= 15 is 0 Å². The number of benzene rings is 1. The molecule has 2 rings (SSSR count). The Labute approximate surface area is 127 Å². The molecule has 0 spiro atoms. The van der Waals surface area contributed by atoms with Crippen molar-refractivity contribution in [3.8, 4) is 6.07 Å². The van der Waals surface area contributed by atoms with Crippen LogP contribution in [0.1, 0.15) is 32.6 Å². The lowest BCUT2D eigenvalue weighted by atomic mass is 10.1. The highest BCUT2D eigenvalue weighted by atomic mass is 16.2. The Morgan fingerprint density at radius 1 is 1.29 bits per heavy atom. The minimum absolute atomic E-state index is 0.177. The first-order chi connectivity index (χ1) is 10.2. The molecule has 1 amide bonds. The largest absolute Gasteiger partial charge is 0.359 e. The smallest absolute Gasteiger partial charge is 0.244 e. The van der Waals surface area contributed by atoms with E-state index in [0.29, 0.717) is 13.0 Å². The van der Waals surface area contributed by atoms with E-state index in [-0.39, 0.29) is 11.9 Å². The predicted octanol–water partition coefficient (Wildman–Crippen LogP) is 2.81. The number of amides is 1. The van der Waals surface area contributed by atoms with Crippen LogP contribution in [0.4, 0.5) is 5.69 Å². The van der Waals surface area contributed by atoms with E-state index in [1.54, 1.807) is 0 Å². The predicted molar refractivity (Wildman–Crippen MR) is 83.9 cm³/mol. The van der Waals surface area contributed by atoms with E-state index < -0.39 is 0 Å². The summed E-state index contributed by atoms with van der Waals surface area (Å²) in [4.78, 5) is 16.7. The molecule has 0 aromatic heterocycles. The van der Waals surface area contributed by atoms with Gasteiger partial charge in [0.05, 0.1) is 12.5 Å². The van der Waals surface area contributed by atoms with Crippen molar-refractivity contribution in [1.29, 1.82) is 5.26 Å². The van der Waals surface area contributed by atoms with Crippen molar-refractivity contribution in [3.05, 3.63) is 30.3 Å². The van der Waals surface area contributed by atoms with Crippen molar-refractivity contribution in [2.45, 2.75) is 38.6 Å². The molecule has 112 valence electrons. The lowest BCUT2D eigenvalue weighted by Gasteiger charge is -2.35. The fourth-order valence-electron chi connectivity index (χ4n) is 2.85. The number of piperidine rings is 1.